The van der Waals surface area contributed by atoms with Gasteiger partial charge in [0.1, 0.15) is 6.10 Å². The first-order valence-electron chi connectivity index (χ1n) is 6.44. The van der Waals surface area contributed by atoms with Crippen LogP contribution in [-0.2, 0) is 10.0 Å². The third-order valence-corrected chi connectivity index (χ3v) is 6.25. The number of thiophene rings is 1. The van der Waals surface area contributed by atoms with Gasteiger partial charge in [-0.2, -0.15) is 4.31 Å². The van der Waals surface area contributed by atoms with Gasteiger partial charge in [0.05, 0.1) is 5.75 Å². The molecule has 0 aromatic carbocycles. The number of aliphatic hydroxyl groups is 1. The van der Waals surface area contributed by atoms with Gasteiger partial charge < -0.3 is 5.11 Å². The molecule has 1 N–H and O–H groups in total. The van der Waals surface area contributed by atoms with Crippen molar-refractivity contribution in [1.29, 1.82) is 0 Å². The molecule has 0 radical (unpaired) electrons. The van der Waals surface area contributed by atoms with E-state index in [0.717, 1.165) is 4.88 Å². The molecule has 1 aliphatic heterocycles. The number of piperazine rings is 1. The number of hydrogen-bond donors (Lipinski definition) is 1. The number of β-amino-alcohol motifs (C(OH)–C–C–N with tert-alkyl or cyclic N) is 1. The Morgan fingerprint density at radius 2 is 2.05 bits per heavy atom. The van der Waals surface area contributed by atoms with Crippen LogP contribution in [0.2, 0.25) is 0 Å². The first kappa shape index (κ1) is 14.9. The van der Waals surface area contributed by atoms with Gasteiger partial charge in [-0.3, -0.25) is 4.90 Å². The third kappa shape index (κ3) is 3.76. The Kier molecular flexibility index (Phi) is 4.97. The van der Waals surface area contributed by atoms with Crippen molar-refractivity contribution in [3.63, 3.8) is 0 Å². The topological polar surface area (TPSA) is 60.9 Å². The summed E-state index contributed by atoms with van der Waals surface area (Å²) in [5.74, 6) is 0.158. The van der Waals surface area contributed by atoms with Crippen molar-refractivity contribution in [2.24, 2.45) is 0 Å². The van der Waals surface area contributed by atoms with Crippen LogP contribution in [0.5, 0.6) is 0 Å². The van der Waals surface area contributed by atoms with Crippen molar-refractivity contribution in [1.82, 2.24) is 9.21 Å². The van der Waals surface area contributed by atoms with Crippen LogP contribution >= 0.6 is 11.3 Å². The molecular formula is C12H20N2O3S2. The van der Waals surface area contributed by atoms with E-state index in [9.17, 15) is 13.5 Å². The Bertz CT molecular complexity index is 479. The maximum absolute atomic E-state index is 11.7. The van der Waals surface area contributed by atoms with Crippen molar-refractivity contribution < 1.29 is 13.5 Å². The fourth-order valence-corrected chi connectivity index (χ4v) is 3.98. The molecule has 0 saturated carbocycles. The Balaban J connectivity index is 1.84. The van der Waals surface area contributed by atoms with Crippen LogP contribution < -0.4 is 0 Å². The Hall–Kier alpha value is -0.470. The summed E-state index contributed by atoms with van der Waals surface area (Å²) in [5, 5.41) is 12.0. The summed E-state index contributed by atoms with van der Waals surface area (Å²) in [4.78, 5) is 3.08. The lowest BCUT2D eigenvalue weighted by Crippen LogP contribution is -2.49. The molecule has 1 aliphatic rings. The van der Waals surface area contributed by atoms with E-state index >= 15 is 0 Å². The summed E-state index contributed by atoms with van der Waals surface area (Å²) in [6.45, 7) is 4.65. The summed E-state index contributed by atoms with van der Waals surface area (Å²) in [5.41, 5.74) is 0. The second kappa shape index (κ2) is 6.32. The van der Waals surface area contributed by atoms with Crippen LogP contribution in [-0.4, -0.2) is 61.2 Å². The molecule has 7 heteroatoms. The van der Waals surface area contributed by atoms with E-state index in [2.05, 4.69) is 4.90 Å². The average Bonchev–Trinajstić information content (AvgIpc) is 2.93. The smallest absolute Gasteiger partial charge is 0.213 e. The fraction of sp³-hybridized carbons (Fsp3) is 0.667. The summed E-state index contributed by atoms with van der Waals surface area (Å²) in [7, 11) is -3.07. The van der Waals surface area contributed by atoms with E-state index in [4.69, 9.17) is 0 Å². The van der Waals surface area contributed by atoms with Crippen molar-refractivity contribution in [3.8, 4) is 0 Å². The number of hydrogen-bond acceptors (Lipinski definition) is 5. The molecule has 2 heterocycles. The first-order chi connectivity index (χ1) is 9.03. The van der Waals surface area contributed by atoms with Gasteiger partial charge in [-0.1, -0.05) is 6.07 Å². The van der Waals surface area contributed by atoms with Gasteiger partial charge in [-0.15, -0.1) is 11.3 Å². The molecule has 0 spiro atoms. The van der Waals surface area contributed by atoms with Crippen LogP contribution in [0.15, 0.2) is 17.5 Å². The number of aliphatic hydroxyl groups excluding tert-OH is 1. The molecule has 1 unspecified atom stereocenters. The molecule has 108 valence electrons. The lowest BCUT2D eigenvalue weighted by molar-refractivity contribution is 0.0943. The number of sulfonamides is 1. The third-order valence-electron chi connectivity index (χ3n) is 3.39. The zero-order valence-electron chi connectivity index (χ0n) is 11.0. The second-order valence-corrected chi connectivity index (χ2v) is 7.87. The Labute approximate surface area is 118 Å². The van der Waals surface area contributed by atoms with Gasteiger partial charge >= 0.3 is 0 Å². The second-order valence-electron chi connectivity index (χ2n) is 4.63. The van der Waals surface area contributed by atoms with E-state index in [1.807, 2.05) is 17.5 Å². The van der Waals surface area contributed by atoms with Crippen molar-refractivity contribution >= 4 is 21.4 Å². The van der Waals surface area contributed by atoms with Crippen molar-refractivity contribution in [2.45, 2.75) is 13.0 Å². The monoisotopic (exact) mass is 304 g/mol. The van der Waals surface area contributed by atoms with Gasteiger partial charge in [0.2, 0.25) is 10.0 Å². The predicted molar refractivity (Wildman–Crippen MR) is 76.8 cm³/mol. The quantitative estimate of drug-likeness (QED) is 0.872. The largest absolute Gasteiger partial charge is 0.386 e. The minimum absolute atomic E-state index is 0.158. The molecule has 2 rings (SSSR count). The fourth-order valence-electron chi connectivity index (χ4n) is 2.19. The highest BCUT2D eigenvalue weighted by molar-refractivity contribution is 7.89. The lowest BCUT2D eigenvalue weighted by atomic mass is 10.2. The molecule has 0 aliphatic carbocycles. The molecule has 1 fully saturated rings. The minimum atomic E-state index is -3.07. The highest BCUT2D eigenvalue weighted by Gasteiger charge is 2.26. The minimum Gasteiger partial charge on any atom is -0.386 e. The molecule has 1 atom stereocenters. The molecule has 19 heavy (non-hydrogen) atoms. The van der Waals surface area contributed by atoms with Crippen LogP contribution in [0, 0.1) is 0 Å². The van der Waals surface area contributed by atoms with Gasteiger partial charge in [0, 0.05) is 37.6 Å². The van der Waals surface area contributed by atoms with Crippen LogP contribution in [0.3, 0.4) is 0 Å². The van der Waals surface area contributed by atoms with Gasteiger partial charge in [-0.05, 0) is 18.4 Å². The van der Waals surface area contributed by atoms with E-state index in [-0.39, 0.29) is 5.75 Å². The van der Waals surface area contributed by atoms with Crippen LogP contribution in [0.4, 0.5) is 0 Å². The van der Waals surface area contributed by atoms with E-state index in [1.165, 1.54) is 0 Å². The first-order valence-corrected chi connectivity index (χ1v) is 8.93. The van der Waals surface area contributed by atoms with E-state index in [1.54, 1.807) is 22.6 Å². The molecule has 5 nitrogen and oxygen atoms in total. The molecule has 0 amide bonds. The van der Waals surface area contributed by atoms with Gasteiger partial charge in [0.25, 0.3) is 0 Å². The standard InChI is InChI=1S/C12H20N2O3S2/c1-2-19(16,17)14-7-5-13(6-8-14)10-11(15)12-4-3-9-18-12/h3-4,9,11,15H,2,5-8,10H2,1H3. The van der Waals surface area contributed by atoms with Gasteiger partial charge in [-0.25, -0.2) is 8.42 Å². The molecule has 1 aromatic rings. The predicted octanol–water partition coefficient (Wildman–Crippen LogP) is 0.749. The summed E-state index contributed by atoms with van der Waals surface area (Å²) in [6.07, 6.45) is -0.477. The maximum atomic E-state index is 11.7. The zero-order valence-corrected chi connectivity index (χ0v) is 12.7. The average molecular weight is 304 g/mol. The Morgan fingerprint density at radius 3 is 2.58 bits per heavy atom. The lowest BCUT2D eigenvalue weighted by Gasteiger charge is -2.34. The SMILES string of the molecule is CCS(=O)(=O)N1CCN(CC(O)c2cccs2)CC1. The van der Waals surface area contributed by atoms with Crippen molar-refractivity contribution in [2.75, 3.05) is 38.5 Å². The molecule has 0 bridgehead atoms. The van der Waals surface area contributed by atoms with Crippen LogP contribution in [0.25, 0.3) is 0 Å². The summed E-state index contributed by atoms with van der Waals surface area (Å²) < 4.78 is 25.0. The molecule has 1 saturated heterocycles. The van der Waals surface area contributed by atoms with Crippen LogP contribution in [0.1, 0.15) is 17.9 Å². The highest BCUT2D eigenvalue weighted by atomic mass is 32.2. The maximum Gasteiger partial charge on any atom is 0.213 e. The molecule has 1 aromatic heterocycles. The summed E-state index contributed by atoms with van der Waals surface area (Å²) >= 11 is 1.55. The number of nitrogens with zero attached hydrogens (tertiary/aromatic N) is 2. The number of rotatable bonds is 5. The summed E-state index contributed by atoms with van der Waals surface area (Å²) in [6, 6.07) is 3.85. The highest BCUT2D eigenvalue weighted by Crippen LogP contribution is 2.20. The van der Waals surface area contributed by atoms with Gasteiger partial charge in [0.15, 0.2) is 0 Å². The van der Waals surface area contributed by atoms with E-state index < -0.39 is 16.1 Å². The zero-order chi connectivity index (χ0) is 13.9. The van der Waals surface area contributed by atoms with Crippen molar-refractivity contribution in [3.05, 3.63) is 22.4 Å². The Morgan fingerprint density at radius 1 is 1.37 bits per heavy atom. The molecular weight excluding hydrogens is 284 g/mol. The normalized spacial score (nSPS) is 20.5. The van der Waals surface area contributed by atoms with E-state index in [0.29, 0.717) is 32.7 Å².